The van der Waals surface area contributed by atoms with Crippen LogP contribution in [0.1, 0.15) is 56.8 Å². The number of fused-ring (bicyclic) bond motifs is 1. The van der Waals surface area contributed by atoms with E-state index in [2.05, 4.69) is 47.1 Å². The lowest BCUT2D eigenvalue weighted by atomic mass is 9.87. The Morgan fingerprint density at radius 3 is 2.81 bits per heavy atom. The summed E-state index contributed by atoms with van der Waals surface area (Å²) in [5.74, 6) is 0.829. The summed E-state index contributed by atoms with van der Waals surface area (Å²) in [5.41, 5.74) is 2.88. The second-order valence-corrected chi connectivity index (χ2v) is 6.84. The Kier molecular flexibility index (Phi) is 4.65. The van der Waals surface area contributed by atoms with Crippen molar-refractivity contribution in [2.45, 2.75) is 58.0 Å². The summed E-state index contributed by atoms with van der Waals surface area (Å²) in [5, 5.41) is 8.38. The van der Waals surface area contributed by atoms with Crippen LogP contribution >= 0.6 is 0 Å². The van der Waals surface area contributed by atoms with Crippen LogP contribution in [0.4, 0.5) is 0 Å². The average Bonchev–Trinajstić information content (AvgIpc) is 2.90. The standard InChI is InChI=1S/C17H30N4/c1-4-21-10-8-14(9-11-21)13(2)19-16-6-5-7-17-15(16)12-18-20(17)3/h12-14,16,19H,4-11H2,1-3H3. The van der Waals surface area contributed by atoms with Crippen LogP contribution in [-0.2, 0) is 13.5 Å². The summed E-state index contributed by atoms with van der Waals surface area (Å²) < 4.78 is 2.06. The van der Waals surface area contributed by atoms with E-state index in [1.165, 1.54) is 63.0 Å². The minimum atomic E-state index is 0.515. The highest BCUT2D eigenvalue weighted by atomic mass is 15.3. The van der Waals surface area contributed by atoms with Crippen LogP contribution in [0.3, 0.4) is 0 Å². The molecule has 2 heterocycles. The topological polar surface area (TPSA) is 33.1 Å². The molecule has 0 aromatic carbocycles. The van der Waals surface area contributed by atoms with Gasteiger partial charge in [0.2, 0.25) is 0 Å². The van der Waals surface area contributed by atoms with Gasteiger partial charge in [-0.2, -0.15) is 5.10 Å². The Hall–Kier alpha value is -0.870. The van der Waals surface area contributed by atoms with Gasteiger partial charge in [-0.1, -0.05) is 6.92 Å². The first-order valence-electron chi connectivity index (χ1n) is 8.68. The fourth-order valence-corrected chi connectivity index (χ4v) is 4.10. The fraction of sp³-hybridized carbons (Fsp3) is 0.824. The summed E-state index contributed by atoms with van der Waals surface area (Å²) >= 11 is 0. The maximum absolute atomic E-state index is 4.46. The second-order valence-electron chi connectivity index (χ2n) is 6.84. The molecular weight excluding hydrogens is 260 g/mol. The van der Waals surface area contributed by atoms with Crippen molar-refractivity contribution in [2.24, 2.45) is 13.0 Å². The van der Waals surface area contributed by atoms with E-state index < -0.39 is 0 Å². The molecule has 0 bridgehead atoms. The molecule has 4 nitrogen and oxygen atoms in total. The molecule has 1 aliphatic carbocycles. The van der Waals surface area contributed by atoms with Gasteiger partial charge in [0.1, 0.15) is 0 Å². The third-order valence-electron chi connectivity index (χ3n) is 5.63. The Morgan fingerprint density at radius 2 is 2.10 bits per heavy atom. The van der Waals surface area contributed by atoms with Crippen LogP contribution in [0.15, 0.2) is 6.20 Å². The molecule has 2 aliphatic rings. The highest BCUT2D eigenvalue weighted by Crippen LogP contribution is 2.31. The first-order chi connectivity index (χ1) is 10.2. The van der Waals surface area contributed by atoms with Gasteiger partial charge in [0.25, 0.3) is 0 Å². The number of aryl methyl sites for hydroxylation is 1. The smallest absolute Gasteiger partial charge is 0.0540 e. The Morgan fingerprint density at radius 1 is 1.33 bits per heavy atom. The van der Waals surface area contributed by atoms with Crippen molar-refractivity contribution in [2.75, 3.05) is 19.6 Å². The number of hydrogen-bond donors (Lipinski definition) is 1. The molecule has 2 atom stereocenters. The van der Waals surface area contributed by atoms with Crippen LogP contribution in [0.2, 0.25) is 0 Å². The van der Waals surface area contributed by atoms with E-state index in [9.17, 15) is 0 Å². The first-order valence-corrected chi connectivity index (χ1v) is 8.68. The molecule has 0 radical (unpaired) electrons. The summed E-state index contributed by atoms with van der Waals surface area (Å²) in [7, 11) is 2.07. The van der Waals surface area contributed by atoms with Gasteiger partial charge >= 0.3 is 0 Å². The zero-order valence-electron chi connectivity index (χ0n) is 13.8. The molecule has 1 saturated heterocycles. The minimum Gasteiger partial charge on any atom is -0.307 e. The van der Waals surface area contributed by atoms with Gasteiger partial charge in [0.15, 0.2) is 0 Å². The van der Waals surface area contributed by atoms with Crippen LogP contribution < -0.4 is 5.32 Å². The van der Waals surface area contributed by atoms with Crippen LogP contribution in [0.25, 0.3) is 0 Å². The molecule has 1 N–H and O–H groups in total. The van der Waals surface area contributed by atoms with Crippen molar-refractivity contribution in [3.05, 3.63) is 17.5 Å². The Bertz CT molecular complexity index is 459. The normalized spacial score (nSPS) is 25.8. The van der Waals surface area contributed by atoms with Crippen molar-refractivity contribution in [1.29, 1.82) is 0 Å². The van der Waals surface area contributed by atoms with Crippen LogP contribution in [0.5, 0.6) is 0 Å². The number of aromatic nitrogens is 2. The van der Waals surface area contributed by atoms with Gasteiger partial charge in [-0.25, -0.2) is 0 Å². The summed E-state index contributed by atoms with van der Waals surface area (Å²) in [6, 6.07) is 1.13. The van der Waals surface area contributed by atoms with E-state index in [4.69, 9.17) is 0 Å². The van der Waals surface area contributed by atoms with Gasteiger partial charge in [0.05, 0.1) is 6.20 Å². The fourth-order valence-electron chi connectivity index (χ4n) is 4.10. The lowest BCUT2D eigenvalue weighted by Gasteiger charge is -2.37. The number of nitrogens with zero attached hydrogens (tertiary/aromatic N) is 3. The third-order valence-corrected chi connectivity index (χ3v) is 5.63. The lowest BCUT2D eigenvalue weighted by Crippen LogP contribution is -2.43. The zero-order valence-corrected chi connectivity index (χ0v) is 13.8. The molecule has 0 saturated carbocycles. The highest BCUT2D eigenvalue weighted by molar-refractivity contribution is 5.24. The molecule has 0 amide bonds. The van der Waals surface area contributed by atoms with Crippen LogP contribution in [0, 0.1) is 5.92 Å². The molecule has 1 aromatic rings. The summed E-state index contributed by atoms with van der Waals surface area (Å²) in [6.45, 7) is 8.41. The van der Waals surface area contributed by atoms with Crippen molar-refractivity contribution in [3.8, 4) is 0 Å². The number of rotatable bonds is 4. The molecule has 1 aromatic heterocycles. The Labute approximate surface area is 128 Å². The third kappa shape index (κ3) is 3.16. The van der Waals surface area contributed by atoms with E-state index in [1.54, 1.807) is 0 Å². The van der Waals surface area contributed by atoms with Gasteiger partial charge in [0, 0.05) is 30.4 Å². The van der Waals surface area contributed by atoms with Gasteiger partial charge < -0.3 is 10.2 Å². The largest absolute Gasteiger partial charge is 0.307 e. The summed E-state index contributed by atoms with van der Waals surface area (Å²) in [6.07, 6.45) is 8.50. The number of piperidine rings is 1. The van der Waals surface area contributed by atoms with E-state index in [0.29, 0.717) is 12.1 Å². The monoisotopic (exact) mass is 290 g/mol. The molecule has 0 spiro atoms. The first kappa shape index (κ1) is 15.0. The maximum Gasteiger partial charge on any atom is 0.0540 e. The van der Waals surface area contributed by atoms with E-state index in [0.717, 1.165) is 5.92 Å². The molecule has 3 rings (SSSR count). The number of likely N-dealkylation sites (tertiary alicyclic amines) is 1. The van der Waals surface area contributed by atoms with Crippen LogP contribution in [-0.4, -0.2) is 40.4 Å². The molecule has 2 unspecified atom stereocenters. The van der Waals surface area contributed by atoms with Crippen molar-refractivity contribution < 1.29 is 0 Å². The van der Waals surface area contributed by atoms with Crippen molar-refractivity contribution in [3.63, 3.8) is 0 Å². The number of nitrogens with one attached hydrogen (secondary N) is 1. The second kappa shape index (κ2) is 6.49. The SMILES string of the molecule is CCN1CCC(C(C)NC2CCCc3c2cnn3C)CC1. The van der Waals surface area contributed by atoms with Crippen molar-refractivity contribution >= 4 is 0 Å². The van der Waals surface area contributed by atoms with E-state index >= 15 is 0 Å². The maximum atomic E-state index is 4.46. The van der Waals surface area contributed by atoms with E-state index in [-0.39, 0.29) is 0 Å². The van der Waals surface area contributed by atoms with Gasteiger partial charge in [-0.05, 0) is 64.6 Å². The Balaban J connectivity index is 1.60. The zero-order chi connectivity index (χ0) is 14.8. The predicted octanol–water partition coefficient (Wildman–Crippen LogP) is 2.51. The molecule has 1 aliphatic heterocycles. The molecule has 4 heteroatoms. The average molecular weight is 290 g/mol. The van der Waals surface area contributed by atoms with E-state index in [1.807, 2.05) is 0 Å². The van der Waals surface area contributed by atoms with Gasteiger partial charge in [-0.3, -0.25) is 4.68 Å². The predicted molar refractivity (Wildman–Crippen MR) is 86.3 cm³/mol. The van der Waals surface area contributed by atoms with Crippen molar-refractivity contribution in [1.82, 2.24) is 20.0 Å². The molecule has 118 valence electrons. The quantitative estimate of drug-likeness (QED) is 0.925. The lowest BCUT2D eigenvalue weighted by molar-refractivity contribution is 0.162. The number of hydrogen-bond acceptors (Lipinski definition) is 3. The minimum absolute atomic E-state index is 0.515. The molecule has 21 heavy (non-hydrogen) atoms. The molecular formula is C17H30N4. The van der Waals surface area contributed by atoms with Gasteiger partial charge in [-0.15, -0.1) is 0 Å². The summed E-state index contributed by atoms with van der Waals surface area (Å²) in [4.78, 5) is 2.57. The highest BCUT2D eigenvalue weighted by Gasteiger charge is 2.28. The molecule has 1 fully saturated rings.